The van der Waals surface area contributed by atoms with Crippen LogP contribution in [0.1, 0.15) is 32.8 Å². The van der Waals surface area contributed by atoms with Gasteiger partial charge in [-0.25, -0.2) is 12.8 Å². The lowest BCUT2D eigenvalue weighted by Gasteiger charge is -2.24. The summed E-state index contributed by atoms with van der Waals surface area (Å²) in [6.45, 7) is 5.56. The number of benzene rings is 1. The Balaban J connectivity index is 3.32. The van der Waals surface area contributed by atoms with Gasteiger partial charge in [0.05, 0.1) is 6.61 Å². The van der Waals surface area contributed by atoms with Crippen LogP contribution in [0.4, 0.5) is 4.39 Å². The zero-order valence-electron chi connectivity index (χ0n) is 12.4. The maximum Gasteiger partial charge on any atom is 0.246 e. The summed E-state index contributed by atoms with van der Waals surface area (Å²) < 4.78 is 40.7. The van der Waals surface area contributed by atoms with Gasteiger partial charge in [-0.1, -0.05) is 38.8 Å². The van der Waals surface area contributed by atoms with Crippen LogP contribution in [0, 0.1) is 11.7 Å². The summed E-state index contributed by atoms with van der Waals surface area (Å²) in [6.07, 6.45) is 0.825. The van der Waals surface area contributed by atoms with Gasteiger partial charge in [0.15, 0.2) is 0 Å². The van der Waals surface area contributed by atoms with Crippen molar-refractivity contribution in [1.82, 2.24) is 4.31 Å². The SMILES string of the molecule is CCC(C)CN(CC)S(=O)(=O)c1cc(Cl)cc(CO)c1F. The smallest absolute Gasteiger partial charge is 0.246 e. The molecule has 0 amide bonds. The molecule has 0 fully saturated rings. The summed E-state index contributed by atoms with van der Waals surface area (Å²) in [5.74, 6) is -0.774. The third-order valence-corrected chi connectivity index (χ3v) is 5.59. The van der Waals surface area contributed by atoms with Gasteiger partial charge in [0.2, 0.25) is 10.0 Å². The number of sulfonamides is 1. The Kier molecular flexibility index (Phi) is 6.59. The molecular formula is C14H21ClFNO3S. The summed E-state index contributed by atoms with van der Waals surface area (Å²) in [7, 11) is -3.98. The van der Waals surface area contributed by atoms with Crippen molar-refractivity contribution < 1.29 is 17.9 Å². The number of halogens is 2. The molecule has 0 bridgehead atoms. The van der Waals surface area contributed by atoms with Crippen LogP contribution in [0.3, 0.4) is 0 Å². The summed E-state index contributed by atoms with van der Waals surface area (Å²) in [5, 5.41) is 9.19. The van der Waals surface area contributed by atoms with Crippen LogP contribution in [0.15, 0.2) is 17.0 Å². The normalized spacial score (nSPS) is 13.7. The molecule has 1 unspecified atom stereocenters. The Hall–Kier alpha value is -0.690. The highest BCUT2D eigenvalue weighted by Crippen LogP contribution is 2.27. The lowest BCUT2D eigenvalue weighted by molar-refractivity contribution is 0.274. The zero-order chi connectivity index (χ0) is 16.2. The molecule has 7 heteroatoms. The van der Waals surface area contributed by atoms with Crippen molar-refractivity contribution in [3.63, 3.8) is 0 Å². The van der Waals surface area contributed by atoms with Gasteiger partial charge in [0.25, 0.3) is 0 Å². The Morgan fingerprint density at radius 3 is 2.48 bits per heavy atom. The van der Waals surface area contributed by atoms with Crippen molar-refractivity contribution in [3.8, 4) is 0 Å². The predicted octanol–water partition coefficient (Wildman–Crippen LogP) is 3.03. The largest absolute Gasteiger partial charge is 0.392 e. The van der Waals surface area contributed by atoms with E-state index in [9.17, 15) is 12.8 Å². The average Bonchev–Trinajstić information content (AvgIpc) is 2.45. The van der Waals surface area contributed by atoms with Crippen LogP contribution in [-0.4, -0.2) is 30.9 Å². The first-order valence-electron chi connectivity index (χ1n) is 6.86. The first-order chi connectivity index (χ1) is 9.77. The van der Waals surface area contributed by atoms with Gasteiger partial charge in [0.1, 0.15) is 10.7 Å². The highest BCUT2D eigenvalue weighted by atomic mass is 35.5. The van der Waals surface area contributed by atoms with Crippen molar-refractivity contribution in [2.75, 3.05) is 13.1 Å². The van der Waals surface area contributed by atoms with Gasteiger partial charge >= 0.3 is 0 Å². The molecule has 0 aliphatic carbocycles. The van der Waals surface area contributed by atoms with E-state index in [4.69, 9.17) is 16.7 Å². The Labute approximate surface area is 130 Å². The van der Waals surface area contributed by atoms with Crippen molar-refractivity contribution in [1.29, 1.82) is 0 Å². The van der Waals surface area contributed by atoms with Crippen molar-refractivity contribution >= 4 is 21.6 Å². The molecule has 0 aliphatic heterocycles. The van der Waals surface area contributed by atoms with Crippen LogP contribution < -0.4 is 0 Å². The van der Waals surface area contributed by atoms with Crippen LogP contribution in [0.25, 0.3) is 0 Å². The van der Waals surface area contributed by atoms with Gasteiger partial charge in [-0.05, 0) is 18.1 Å². The van der Waals surface area contributed by atoms with E-state index < -0.39 is 27.3 Å². The highest BCUT2D eigenvalue weighted by molar-refractivity contribution is 7.89. The second-order valence-corrected chi connectivity index (χ2v) is 7.35. The predicted molar refractivity (Wildman–Crippen MR) is 81.2 cm³/mol. The van der Waals surface area contributed by atoms with E-state index in [1.165, 1.54) is 10.4 Å². The molecule has 1 rings (SSSR count). The standard InChI is InChI=1S/C14H21ClFNO3S/c1-4-10(3)8-17(5-2)21(19,20)13-7-12(15)6-11(9-18)14(13)16/h6-7,10,18H,4-5,8-9H2,1-3H3. The highest BCUT2D eigenvalue weighted by Gasteiger charge is 2.29. The van der Waals surface area contributed by atoms with E-state index in [1.807, 2.05) is 13.8 Å². The Morgan fingerprint density at radius 1 is 1.38 bits per heavy atom. The summed E-state index contributed by atoms with van der Waals surface area (Å²) >= 11 is 5.83. The lowest BCUT2D eigenvalue weighted by atomic mass is 10.1. The molecule has 0 spiro atoms. The third kappa shape index (κ3) is 4.16. The minimum atomic E-state index is -3.98. The van der Waals surface area contributed by atoms with Gasteiger partial charge in [-0.2, -0.15) is 4.31 Å². The topological polar surface area (TPSA) is 57.6 Å². The molecule has 1 aromatic rings. The number of hydrogen-bond acceptors (Lipinski definition) is 3. The number of nitrogens with zero attached hydrogens (tertiary/aromatic N) is 1. The quantitative estimate of drug-likeness (QED) is 0.832. The maximum absolute atomic E-state index is 14.2. The average molecular weight is 338 g/mol. The Bertz CT molecular complexity index is 592. The third-order valence-electron chi connectivity index (χ3n) is 3.43. The second kappa shape index (κ2) is 7.54. The first-order valence-corrected chi connectivity index (χ1v) is 8.68. The lowest BCUT2D eigenvalue weighted by Crippen LogP contribution is -2.35. The molecule has 0 saturated heterocycles. The van der Waals surface area contributed by atoms with Gasteiger partial charge in [-0.3, -0.25) is 0 Å². The fraction of sp³-hybridized carbons (Fsp3) is 0.571. The summed E-state index contributed by atoms with van der Waals surface area (Å²) in [6, 6.07) is 2.31. The number of hydrogen-bond donors (Lipinski definition) is 1. The maximum atomic E-state index is 14.2. The molecule has 120 valence electrons. The van der Waals surface area contributed by atoms with Crippen LogP contribution in [0.5, 0.6) is 0 Å². The molecule has 0 radical (unpaired) electrons. The van der Waals surface area contributed by atoms with E-state index in [0.29, 0.717) is 6.54 Å². The van der Waals surface area contributed by atoms with Crippen LogP contribution in [0.2, 0.25) is 5.02 Å². The molecule has 4 nitrogen and oxygen atoms in total. The van der Waals surface area contributed by atoms with Crippen LogP contribution >= 0.6 is 11.6 Å². The monoisotopic (exact) mass is 337 g/mol. The Morgan fingerprint density at radius 2 is 2.00 bits per heavy atom. The van der Waals surface area contributed by atoms with Crippen molar-refractivity contribution in [2.45, 2.75) is 38.7 Å². The van der Waals surface area contributed by atoms with Gasteiger partial charge < -0.3 is 5.11 Å². The summed E-state index contributed by atoms with van der Waals surface area (Å²) in [4.78, 5) is -0.482. The molecule has 1 atom stereocenters. The fourth-order valence-electron chi connectivity index (χ4n) is 1.93. The van der Waals surface area contributed by atoms with E-state index in [2.05, 4.69) is 0 Å². The van der Waals surface area contributed by atoms with Crippen LogP contribution in [-0.2, 0) is 16.6 Å². The van der Waals surface area contributed by atoms with E-state index in [-0.39, 0.29) is 23.0 Å². The minimum Gasteiger partial charge on any atom is -0.392 e. The second-order valence-electron chi connectivity index (χ2n) is 5.00. The summed E-state index contributed by atoms with van der Waals surface area (Å²) in [5.41, 5.74) is -0.124. The molecular weight excluding hydrogens is 317 g/mol. The molecule has 0 saturated carbocycles. The number of aliphatic hydroxyl groups is 1. The minimum absolute atomic E-state index is 0.0821. The van der Waals surface area contributed by atoms with E-state index >= 15 is 0 Å². The molecule has 21 heavy (non-hydrogen) atoms. The van der Waals surface area contributed by atoms with Crippen molar-refractivity contribution in [3.05, 3.63) is 28.5 Å². The number of aliphatic hydroxyl groups excluding tert-OH is 1. The van der Waals surface area contributed by atoms with Crippen molar-refractivity contribution in [2.24, 2.45) is 5.92 Å². The first kappa shape index (κ1) is 18.4. The molecule has 0 heterocycles. The molecule has 1 N–H and O–H groups in total. The van der Waals surface area contributed by atoms with E-state index in [0.717, 1.165) is 12.5 Å². The molecule has 0 aromatic heterocycles. The number of rotatable bonds is 7. The van der Waals surface area contributed by atoms with Gasteiger partial charge in [0, 0.05) is 23.7 Å². The fourth-order valence-corrected chi connectivity index (χ4v) is 3.94. The zero-order valence-corrected chi connectivity index (χ0v) is 14.0. The molecule has 1 aromatic carbocycles. The van der Waals surface area contributed by atoms with Gasteiger partial charge in [-0.15, -0.1) is 0 Å². The van der Waals surface area contributed by atoms with E-state index in [1.54, 1.807) is 6.92 Å². The molecule has 0 aliphatic rings.